The van der Waals surface area contributed by atoms with Gasteiger partial charge in [0.05, 0.1) is 11.8 Å². The van der Waals surface area contributed by atoms with Crippen molar-refractivity contribution in [1.29, 1.82) is 0 Å². The van der Waals surface area contributed by atoms with E-state index in [1.165, 1.54) is 22.9 Å². The zero-order valence-corrected chi connectivity index (χ0v) is 16.5. The number of carbonyl (C=O) groups excluding carboxylic acids is 2. The van der Waals surface area contributed by atoms with E-state index in [9.17, 15) is 9.59 Å². The summed E-state index contributed by atoms with van der Waals surface area (Å²) in [7, 11) is 0. The van der Waals surface area contributed by atoms with Gasteiger partial charge in [-0.3, -0.25) is 20.4 Å². The Labute approximate surface area is 164 Å². The second-order valence-electron chi connectivity index (χ2n) is 6.76. The summed E-state index contributed by atoms with van der Waals surface area (Å²) in [6.45, 7) is 4.93. The third-order valence-corrected chi connectivity index (χ3v) is 5.68. The number of nitrogens with one attached hydrogen (secondary N) is 2. The van der Waals surface area contributed by atoms with E-state index >= 15 is 0 Å². The molecule has 27 heavy (non-hydrogen) atoms. The first-order chi connectivity index (χ1) is 13.0. The smallest absolute Gasteiger partial charge is 0.257 e. The first kappa shape index (κ1) is 19.3. The van der Waals surface area contributed by atoms with Crippen molar-refractivity contribution in [1.82, 2.24) is 10.9 Å². The van der Waals surface area contributed by atoms with Gasteiger partial charge in [0.2, 0.25) is 0 Å². The Balaban J connectivity index is 1.47. The average Bonchev–Trinajstić information content (AvgIpc) is 2.68. The summed E-state index contributed by atoms with van der Waals surface area (Å²) >= 11 is 1.46. The van der Waals surface area contributed by atoms with E-state index in [-0.39, 0.29) is 23.6 Å². The van der Waals surface area contributed by atoms with E-state index < -0.39 is 0 Å². The monoisotopic (exact) mass is 383 g/mol. The molecule has 0 aliphatic carbocycles. The SMILES string of the molecule is Cc1ccc(S[C@H](C)C(=O)NNC(=O)CN2CCCc3ccccc32)cc1. The largest absolute Gasteiger partial charge is 0.362 e. The molecule has 2 amide bonds. The van der Waals surface area contributed by atoms with Gasteiger partial charge in [-0.25, -0.2) is 0 Å². The highest BCUT2D eigenvalue weighted by molar-refractivity contribution is 8.00. The Morgan fingerprint density at radius 2 is 1.85 bits per heavy atom. The van der Waals surface area contributed by atoms with Crippen LogP contribution in [0.15, 0.2) is 53.4 Å². The standard InChI is InChI=1S/C21H25N3O2S/c1-15-9-11-18(12-10-15)27-16(2)21(26)23-22-20(25)14-24-13-5-7-17-6-3-4-8-19(17)24/h3-4,6,8-12,16H,5,7,13-14H2,1-2H3,(H,22,25)(H,23,26)/t16-/m1/s1. The number of thioether (sulfide) groups is 1. The summed E-state index contributed by atoms with van der Waals surface area (Å²) in [4.78, 5) is 27.6. The minimum absolute atomic E-state index is 0.215. The van der Waals surface area contributed by atoms with Crippen molar-refractivity contribution in [3.8, 4) is 0 Å². The number of fused-ring (bicyclic) bond motifs is 1. The summed E-state index contributed by atoms with van der Waals surface area (Å²) in [5.41, 5.74) is 8.64. The number of anilines is 1. The second kappa shape index (κ2) is 8.95. The Hall–Kier alpha value is -2.47. The van der Waals surface area contributed by atoms with Gasteiger partial charge in [-0.2, -0.15) is 0 Å². The summed E-state index contributed by atoms with van der Waals surface area (Å²) in [6, 6.07) is 16.2. The number of amides is 2. The van der Waals surface area contributed by atoms with E-state index in [4.69, 9.17) is 0 Å². The highest BCUT2D eigenvalue weighted by atomic mass is 32.2. The van der Waals surface area contributed by atoms with Crippen LogP contribution in [0.2, 0.25) is 0 Å². The van der Waals surface area contributed by atoms with Crippen LogP contribution >= 0.6 is 11.8 Å². The van der Waals surface area contributed by atoms with Gasteiger partial charge in [0.25, 0.3) is 11.8 Å². The van der Waals surface area contributed by atoms with E-state index in [0.29, 0.717) is 0 Å². The van der Waals surface area contributed by atoms with Crippen molar-refractivity contribution in [2.75, 3.05) is 18.0 Å². The molecule has 0 aromatic heterocycles. The predicted molar refractivity (Wildman–Crippen MR) is 110 cm³/mol. The van der Waals surface area contributed by atoms with Crippen LogP contribution in [-0.2, 0) is 16.0 Å². The Morgan fingerprint density at radius 3 is 2.63 bits per heavy atom. The van der Waals surface area contributed by atoms with Gasteiger partial charge in [0.1, 0.15) is 0 Å². The molecule has 0 bridgehead atoms. The molecule has 1 atom stereocenters. The van der Waals surface area contributed by atoms with Crippen LogP contribution in [0.25, 0.3) is 0 Å². The number of hydrogen-bond acceptors (Lipinski definition) is 4. The molecule has 3 rings (SSSR count). The first-order valence-corrected chi connectivity index (χ1v) is 10.1. The van der Waals surface area contributed by atoms with Crippen LogP contribution in [0.5, 0.6) is 0 Å². The fourth-order valence-electron chi connectivity index (χ4n) is 3.10. The molecule has 5 nitrogen and oxygen atoms in total. The van der Waals surface area contributed by atoms with Gasteiger partial charge in [0, 0.05) is 17.1 Å². The zero-order chi connectivity index (χ0) is 19.2. The summed E-state index contributed by atoms with van der Waals surface area (Å²) in [6.07, 6.45) is 2.07. The Bertz CT molecular complexity index is 807. The van der Waals surface area contributed by atoms with E-state index in [0.717, 1.165) is 30.0 Å². The molecule has 2 N–H and O–H groups in total. The van der Waals surface area contributed by atoms with Crippen molar-refractivity contribution in [2.24, 2.45) is 0 Å². The molecule has 0 saturated carbocycles. The van der Waals surface area contributed by atoms with Gasteiger partial charge in [-0.15, -0.1) is 11.8 Å². The number of rotatable bonds is 5. The minimum Gasteiger partial charge on any atom is -0.362 e. The maximum Gasteiger partial charge on any atom is 0.257 e. The molecule has 0 saturated heterocycles. The first-order valence-electron chi connectivity index (χ1n) is 9.18. The van der Waals surface area contributed by atoms with Crippen LogP contribution in [-0.4, -0.2) is 30.2 Å². The maximum absolute atomic E-state index is 12.3. The van der Waals surface area contributed by atoms with E-state index in [2.05, 4.69) is 21.8 Å². The lowest BCUT2D eigenvalue weighted by Gasteiger charge is -2.30. The van der Waals surface area contributed by atoms with Crippen LogP contribution in [0.1, 0.15) is 24.5 Å². The van der Waals surface area contributed by atoms with Crippen molar-refractivity contribution in [3.63, 3.8) is 0 Å². The number of nitrogens with zero attached hydrogens (tertiary/aromatic N) is 1. The maximum atomic E-state index is 12.3. The molecule has 0 spiro atoms. The molecule has 0 unspecified atom stereocenters. The number of carbonyl (C=O) groups is 2. The highest BCUT2D eigenvalue weighted by Crippen LogP contribution is 2.26. The Morgan fingerprint density at radius 1 is 1.11 bits per heavy atom. The van der Waals surface area contributed by atoms with Crippen LogP contribution < -0.4 is 15.8 Å². The molecule has 1 aliphatic rings. The van der Waals surface area contributed by atoms with Crippen molar-refractivity contribution < 1.29 is 9.59 Å². The molecule has 6 heteroatoms. The zero-order valence-electron chi connectivity index (χ0n) is 15.7. The fraction of sp³-hybridized carbons (Fsp3) is 0.333. The predicted octanol–water partition coefficient (Wildman–Crippen LogP) is 3.08. The van der Waals surface area contributed by atoms with Gasteiger partial charge in [0.15, 0.2) is 0 Å². The van der Waals surface area contributed by atoms with Crippen molar-refractivity contribution >= 4 is 29.3 Å². The number of hydrogen-bond donors (Lipinski definition) is 2. The third-order valence-electron chi connectivity index (χ3n) is 4.57. The van der Waals surface area contributed by atoms with Crippen LogP contribution in [0.3, 0.4) is 0 Å². The minimum atomic E-state index is -0.302. The normalized spacial score (nSPS) is 14.2. The number of benzene rings is 2. The summed E-state index contributed by atoms with van der Waals surface area (Å²) in [5, 5.41) is -0.302. The van der Waals surface area contributed by atoms with Gasteiger partial charge >= 0.3 is 0 Å². The van der Waals surface area contributed by atoms with Gasteiger partial charge in [-0.1, -0.05) is 35.9 Å². The van der Waals surface area contributed by atoms with Crippen LogP contribution in [0, 0.1) is 6.92 Å². The average molecular weight is 384 g/mol. The molecule has 1 heterocycles. The van der Waals surface area contributed by atoms with Crippen molar-refractivity contribution in [2.45, 2.75) is 36.8 Å². The molecule has 1 aliphatic heterocycles. The lowest BCUT2D eigenvalue weighted by Crippen LogP contribution is -2.49. The molecule has 0 fully saturated rings. The van der Waals surface area contributed by atoms with E-state index in [1.807, 2.05) is 56.3 Å². The Kier molecular flexibility index (Phi) is 6.40. The second-order valence-corrected chi connectivity index (χ2v) is 8.18. The third kappa shape index (κ3) is 5.26. The summed E-state index contributed by atoms with van der Waals surface area (Å²) < 4.78 is 0. The van der Waals surface area contributed by atoms with Crippen LogP contribution in [0.4, 0.5) is 5.69 Å². The van der Waals surface area contributed by atoms with Gasteiger partial charge in [-0.05, 0) is 50.5 Å². The molecule has 2 aromatic carbocycles. The molecule has 2 aromatic rings. The molecule has 0 radical (unpaired) electrons. The van der Waals surface area contributed by atoms with Crippen molar-refractivity contribution in [3.05, 3.63) is 59.7 Å². The van der Waals surface area contributed by atoms with Gasteiger partial charge < -0.3 is 4.90 Å². The van der Waals surface area contributed by atoms with E-state index in [1.54, 1.807) is 0 Å². The fourth-order valence-corrected chi connectivity index (χ4v) is 3.96. The number of hydrazine groups is 1. The lowest BCUT2D eigenvalue weighted by atomic mass is 10.0. The molecular formula is C21H25N3O2S. The quantitative estimate of drug-likeness (QED) is 0.615. The number of para-hydroxylation sites is 1. The molecule has 142 valence electrons. The lowest BCUT2D eigenvalue weighted by molar-refractivity contribution is -0.127. The molecular weight excluding hydrogens is 358 g/mol. The summed E-state index contributed by atoms with van der Waals surface area (Å²) in [5.74, 6) is -0.430. The number of aryl methyl sites for hydroxylation is 2. The highest BCUT2D eigenvalue weighted by Gasteiger charge is 2.20. The topological polar surface area (TPSA) is 61.4 Å².